The number of aliphatic hydroxyl groups is 1. The molecular formula is C9H13NO3S. The van der Waals surface area contributed by atoms with Gasteiger partial charge in [-0.2, -0.15) is 0 Å². The minimum atomic E-state index is -3.64. The van der Waals surface area contributed by atoms with Gasteiger partial charge in [-0.05, 0) is 31.0 Å². The Morgan fingerprint density at radius 1 is 1.50 bits per heavy atom. The van der Waals surface area contributed by atoms with Gasteiger partial charge in [-0.15, -0.1) is 0 Å². The Bertz CT molecular complexity index is 412. The van der Waals surface area contributed by atoms with E-state index < -0.39 is 16.1 Å². The summed E-state index contributed by atoms with van der Waals surface area (Å²) in [5, 5.41) is 14.1. The summed E-state index contributed by atoms with van der Waals surface area (Å²) in [5.41, 5.74) is 0.756. The fraction of sp³-hybridized carbons (Fsp3) is 0.333. The first kappa shape index (κ1) is 11.2. The van der Waals surface area contributed by atoms with Gasteiger partial charge in [0.05, 0.1) is 11.0 Å². The number of nitrogens with two attached hydrogens (primary N) is 1. The average Bonchev–Trinajstić information content (AvgIpc) is 2.01. The van der Waals surface area contributed by atoms with Crippen LogP contribution in [0.4, 0.5) is 0 Å². The first-order valence-corrected chi connectivity index (χ1v) is 5.74. The van der Waals surface area contributed by atoms with Gasteiger partial charge in [-0.3, -0.25) is 0 Å². The molecule has 0 aliphatic heterocycles. The molecule has 1 aromatic carbocycles. The lowest BCUT2D eigenvalue weighted by Crippen LogP contribution is -2.13. The normalized spacial score (nSPS) is 13.9. The van der Waals surface area contributed by atoms with Crippen molar-refractivity contribution in [1.29, 1.82) is 0 Å². The lowest BCUT2D eigenvalue weighted by atomic mass is 10.1. The molecule has 1 atom stereocenters. The van der Waals surface area contributed by atoms with Crippen LogP contribution in [0.5, 0.6) is 0 Å². The van der Waals surface area contributed by atoms with Crippen molar-refractivity contribution >= 4 is 10.0 Å². The molecule has 0 radical (unpaired) electrons. The Morgan fingerprint density at radius 3 is 2.64 bits per heavy atom. The second kappa shape index (κ2) is 4.08. The largest absolute Gasteiger partial charge is 0.393 e. The second-order valence-corrected chi connectivity index (χ2v) is 4.81. The SMILES string of the molecule is C[C@H](O)Cc1cccc(S(N)(=O)=O)c1. The number of benzene rings is 1. The summed E-state index contributed by atoms with van der Waals surface area (Å²) < 4.78 is 22.0. The number of rotatable bonds is 3. The maximum Gasteiger partial charge on any atom is 0.238 e. The molecule has 0 aliphatic carbocycles. The Balaban J connectivity index is 3.02. The summed E-state index contributed by atoms with van der Waals surface area (Å²) in [6.45, 7) is 1.64. The monoisotopic (exact) mass is 215 g/mol. The molecule has 0 bridgehead atoms. The minimum absolute atomic E-state index is 0.0793. The van der Waals surface area contributed by atoms with Crippen LogP contribution >= 0.6 is 0 Å². The minimum Gasteiger partial charge on any atom is -0.393 e. The van der Waals surface area contributed by atoms with Gasteiger partial charge in [-0.25, -0.2) is 13.6 Å². The summed E-state index contributed by atoms with van der Waals surface area (Å²) in [7, 11) is -3.64. The van der Waals surface area contributed by atoms with Crippen molar-refractivity contribution in [2.75, 3.05) is 0 Å². The average molecular weight is 215 g/mol. The Labute approximate surface area is 83.4 Å². The molecule has 14 heavy (non-hydrogen) atoms. The van der Waals surface area contributed by atoms with Gasteiger partial charge in [0, 0.05) is 0 Å². The molecule has 0 aliphatic rings. The van der Waals surface area contributed by atoms with Gasteiger partial charge in [0.1, 0.15) is 0 Å². The van der Waals surface area contributed by atoms with Crippen LogP contribution < -0.4 is 5.14 Å². The molecule has 0 aromatic heterocycles. The number of aliphatic hydroxyl groups excluding tert-OH is 1. The summed E-state index contributed by atoms with van der Waals surface area (Å²) in [4.78, 5) is 0.0793. The zero-order chi connectivity index (χ0) is 10.8. The van der Waals surface area contributed by atoms with Crippen molar-refractivity contribution in [1.82, 2.24) is 0 Å². The molecule has 0 saturated heterocycles. The summed E-state index contributed by atoms with van der Waals surface area (Å²) in [6.07, 6.45) is -0.0747. The van der Waals surface area contributed by atoms with E-state index in [4.69, 9.17) is 10.2 Å². The molecule has 0 spiro atoms. The van der Waals surface area contributed by atoms with Crippen LogP contribution in [-0.2, 0) is 16.4 Å². The zero-order valence-corrected chi connectivity index (χ0v) is 8.66. The third-order valence-electron chi connectivity index (χ3n) is 1.76. The van der Waals surface area contributed by atoms with Crippen LogP contribution in [0.3, 0.4) is 0 Å². The lowest BCUT2D eigenvalue weighted by Gasteiger charge is -2.05. The fourth-order valence-corrected chi connectivity index (χ4v) is 1.77. The van der Waals surface area contributed by atoms with E-state index in [-0.39, 0.29) is 4.90 Å². The van der Waals surface area contributed by atoms with E-state index >= 15 is 0 Å². The van der Waals surface area contributed by atoms with Crippen LogP contribution in [0, 0.1) is 0 Å². The van der Waals surface area contributed by atoms with Crippen molar-refractivity contribution in [3.8, 4) is 0 Å². The van der Waals surface area contributed by atoms with Crippen molar-refractivity contribution in [3.05, 3.63) is 29.8 Å². The van der Waals surface area contributed by atoms with E-state index in [0.717, 1.165) is 5.56 Å². The van der Waals surface area contributed by atoms with Gasteiger partial charge in [-0.1, -0.05) is 12.1 Å². The standard InChI is InChI=1S/C9H13NO3S/c1-7(11)5-8-3-2-4-9(6-8)14(10,12)13/h2-4,6-7,11H,5H2,1H3,(H2,10,12,13)/t7-/m0/s1. The van der Waals surface area contributed by atoms with Gasteiger partial charge >= 0.3 is 0 Å². The molecule has 5 heteroatoms. The van der Waals surface area contributed by atoms with Crippen LogP contribution in [0.25, 0.3) is 0 Å². The molecule has 0 unspecified atom stereocenters. The van der Waals surface area contributed by atoms with Crippen LogP contribution in [0.15, 0.2) is 29.2 Å². The Morgan fingerprint density at radius 2 is 2.14 bits per heavy atom. The summed E-state index contributed by atoms with van der Waals surface area (Å²) in [5.74, 6) is 0. The molecule has 0 saturated carbocycles. The van der Waals surface area contributed by atoms with Crippen molar-refractivity contribution in [2.24, 2.45) is 5.14 Å². The maximum absolute atomic E-state index is 11.0. The van der Waals surface area contributed by atoms with E-state index in [0.29, 0.717) is 6.42 Å². The van der Waals surface area contributed by atoms with E-state index in [1.54, 1.807) is 19.1 Å². The van der Waals surface area contributed by atoms with Gasteiger partial charge in [0.25, 0.3) is 0 Å². The zero-order valence-electron chi connectivity index (χ0n) is 7.84. The van der Waals surface area contributed by atoms with Gasteiger partial charge in [0.15, 0.2) is 0 Å². The predicted octanol–water partition coefficient (Wildman–Crippen LogP) is 0.257. The quantitative estimate of drug-likeness (QED) is 0.758. The summed E-state index contributed by atoms with van der Waals surface area (Å²) in [6, 6.07) is 6.27. The van der Waals surface area contributed by atoms with Gasteiger partial charge in [0.2, 0.25) is 10.0 Å². The number of hydrogen-bond donors (Lipinski definition) is 2. The van der Waals surface area contributed by atoms with Crippen molar-refractivity contribution in [2.45, 2.75) is 24.3 Å². The Kier molecular flexibility index (Phi) is 3.25. The smallest absolute Gasteiger partial charge is 0.238 e. The highest BCUT2D eigenvalue weighted by Crippen LogP contribution is 2.11. The third kappa shape index (κ3) is 3.10. The van der Waals surface area contributed by atoms with Gasteiger partial charge < -0.3 is 5.11 Å². The molecule has 4 nitrogen and oxygen atoms in total. The van der Waals surface area contributed by atoms with E-state index in [1.165, 1.54) is 12.1 Å². The maximum atomic E-state index is 11.0. The number of sulfonamides is 1. The number of primary sulfonamides is 1. The molecule has 78 valence electrons. The Hall–Kier alpha value is -0.910. The van der Waals surface area contributed by atoms with Crippen molar-refractivity contribution < 1.29 is 13.5 Å². The highest BCUT2D eigenvalue weighted by molar-refractivity contribution is 7.89. The molecule has 0 fully saturated rings. The van der Waals surface area contributed by atoms with Crippen LogP contribution in [-0.4, -0.2) is 19.6 Å². The molecule has 1 rings (SSSR count). The highest BCUT2D eigenvalue weighted by Gasteiger charge is 2.08. The molecular weight excluding hydrogens is 202 g/mol. The topological polar surface area (TPSA) is 80.4 Å². The first-order valence-electron chi connectivity index (χ1n) is 4.19. The first-order chi connectivity index (χ1) is 6.39. The van der Waals surface area contributed by atoms with E-state index in [2.05, 4.69) is 0 Å². The van der Waals surface area contributed by atoms with Crippen molar-refractivity contribution in [3.63, 3.8) is 0 Å². The molecule has 0 heterocycles. The molecule has 3 N–H and O–H groups in total. The van der Waals surface area contributed by atoms with Crippen LogP contribution in [0.2, 0.25) is 0 Å². The second-order valence-electron chi connectivity index (χ2n) is 3.25. The fourth-order valence-electron chi connectivity index (χ4n) is 1.19. The number of hydrogen-bond acceptors (Lipinski definition) is 3. The lowest BCUT2D eigenvalue weighted by molar-refractivity contribution is 0.195. The van der Waals surface area contributed by atoms with Crippen LogP contribution in [0.1, 0.15) is 12.5 Å². The van der Waals surface area contributed by atoms with E-state index in [1.807, 2.05) is 0 Å². The highest BCUT2D eigenvalue weighted by atomic mass is 32.2. The molecule has 0 amide bonds. The predicted molar refractivity (Wildman–Crippen MR) is 53.2 cm³/mol. The van der Waals surface area contributed by atoms with E-state index in [9.17, 15) is 8.42 Å². The molecule has 1 aromatic rings. The summed E-state index contributed by atoms with van der Waals surface area (Å²) >= 11 is 0. The third-order valence-corrected chi connectivity index (χ3v) is 2.67.